The maximum Gasteiger partial charge on any atom is 0.262 e. The van der Waals surface area contributed by atoms with E-state index in [1.165, 1.54) is 12.1 Å². The van der Waals surface area contributed by atoms with Crippen molar-refractivity contribution in [2.45, 2.75) is 4.90 Å². The number of sulfonamides is 1. The van der Waals surface area contributed by atoms with Gasteiger partial charge in [0.1, 0.15) is 0 Å². The van der Waals surface area contributed by atoms with Gasteiger partial charge in [-0.3, -0.25) is 4.72 Å². The van der Waals surface area contributed by atoms with Crippen molar-refractivity contribution in [3.8, 4) is 0 Å². The van der Waals surface area contributed by atoms with Crippen molar-refractivity contribution in [2.24, 2.45) is 0 Å². The molecule has 0 radical (unpaired) electrons. The minimum absolute atomic E-state index is 0.0879. The van der Waals surface area contributed by atoms with Gasteiger partial charge in [-0.15, -0.1) is 0 Å². The Bertz CT molecular complexity index is 786. The Balaban J connectivity index is 2.44. The van der Waals surface area contributed by atoms with Crippen LogP contribution in [0.25, 0.3) is 0 Å². The summed E-state index contributed by atoms with van der Waals surface area (Å²) in [6, 6.07) is 7.96. The van der Waals surface area contributed by atoms with Crippen LogP contribution in [0.3, 0.4) is 0 Å². The molecule has 0 aliphatic rings. The zero-order valence-electron chi connectivity index (χ0n) is 10.2. The number of hydrogen-bond donors (Lipinski definition) is 2. The van der Waals surface area contributed by atoms with Crippen LogP contribution in [0.15, 0.2) is 53.1 Å². The van der Waals surface area contributed by atoms with Crippen LogP contribution in [0.1, 0.15) is 0 Å². The SMILES string of the molecule is Nc1cc(S(=O)(=O)Nc2c(Br)cc(Br)cc2Br)ccc1Br. The highest BCUT2D eigenvalue weighted by Gasteiger charge is 2.18. The van der Waals surface area contributed by atoms with Crippen molar-refractivity contribution >= 4 is 85.1 Å². The summed E-state index contributed by atoms with van der Waals surface area (Å²) in [6.07, 6.45) is 0. The predicted octanol–water partition coefficient (Wildman–Crippen LogP) is 5.12. The molecule has 112 valence electrons. The number of anilines is 2. The molecule has 0 atom stereocenters. The number of nitrogens with one attached hydrogen (secondary N) is 1. The molecule has 0 bridgehead atoms. The molecule has 0 saturated heterocycles. The van der Waals surface area contributed by atoms with Gasteiger partial charge in [0.05, 0.1) is 10.6 Å². The zero-order valence-corrected chi connectivity index (χ0v) is 17.4. The summed E-state index contributed by atoms with van der Waals surface area (Å²) >= 11 is 13.2. The topological polar surface area (TPSA) is 72.2 Å². The minimum atomic E-state index is -3.74. The lowest BCUT2D eigenvalue weighted by atomic mass is 10.3. The summed E-state index contributed by atoms with van der Waals surface area (Å²) in [5.41, 5.74) is 6.50. The van der Waals surface area contributed by atoms with Crippen LogP contribution < -0.4 is 10.5 Å². The third-order valence-electron chi connectivity index (χ3n) is 2.52. The Labute approximate surface area is 156 Å². The highest BCUT2D eigenvalue weighted by molar-refractivity contribution is 9.11. The molecular formula is C12H8Br4N2O2S. The van der Waals surface area contributed by atoms with Gasteiger partial charge in [-0.25, -0.2) is 8.42 Å². The number of halogens is 4. The Morgan fingerprint density at radius 3 is 2.00 bits per heavy atom. The summed E-state index contributed by atoms with van der Waals surface area (Å²) < 4.78 is 30.0. The lowest BCUT2D eigenvalue weighted by Gasteiger charge is -2.13. The van der Waals surface area contributed by atoms with E-state index in [4.69, 9.17) is 5.73 Å². The fraction of sp³-hybridized carbons (Fsp3) is 0. The van der Waals surface area contributed by atoms with Crippen molar-refractivity contribution in [3.05, 3.63) is 48.2 Å². The molecule has 4 nitrogen and oxygen atoms in total. The summed E-state index contributed by atoms with van der Waals surface area (Å²) in [5.74, 6) is 0. The molecule has 0 amide bonds. The first-order valence-corrected chi connectivity index (χ1v) is 10.1. The number of nitrogen functional groups attached to an aromatic ring is 1. The Hall–Kier alpha value is -0.0900. The van der Waals surface area contributed by atoms with Crippen LogP contribution in [0.4, 0.5) is 11.4 Å². The second kappa shape index (κ2) is 6.57. The van der Waals surface area contributed by atoms with Gasteiger partial charge in [0.25, 0.3) is 10.0 Å². The maximum atomic E-state index is 12.4. The van der Waals surface area contributed by atoms with Gasteiger partial charge in [-0.05, 0) is 78.1 Å². The first kappa shape index (κ1) is 17.3. The third kappa shape index (κ3) is 4.01. The van der Waals surface area contributed by atoms with E-state index in [0.717, 1.165) is 4.47 Å². The second-order valence-electron chi connectivity index (χ2n) is 4.03. The van der Waals surface area contributed by atoms with Gasteiger partial charge in [0, 0.05) is 23.6 Å². The number of hydrogen-bond acceptors (Lipinski definition) is 3. The van der Waals surface area contributed by atoms with Crippen LogP contribution in [-0.2, 0) is 10.0 Å². The molecule has 2 rings (SSSR count). The molecule has 21 heavy (non-hydrogen) atoms. The van der Waals surface area contributed by atoms with Crippen molar-refractivity contribution in [3.63, 3.8) is 0 Å². The van der Waals surface area contributed by atoms with E-state index in [9.17, 15) is 8.42 Å². The van der Waals surface area contributed by atoms with Gasteiger partial charge in [0.2, 0.25) is 0 Å². The molecule has 2 aromatic carbocycles. The summed E-state index contributed by atoms with van der Waals surface area (Å²) in [7, 11) is -3.74. The number of nitrogens with two attached hydrogens (primary N) is 1. The zero-order chi connectivity index (χ0) is 15.8. The van der Waals surface area contributed by atoms with Crippen molar-refractivity contribution < 1.29 is 8.42 Å². The Morgan fingerprint density at radius 1 is 0.905 bits per heavy atom. The number of rotatable bonds is 3. The lowest BCUT2D eigenvalue weighted by molar-refractivity contribution is 0.601. The fourth-order valence-corrected chi connectivity index (χ4v) is 5.62. The fourth-order valence-electron chi connectivity index (χ4n) is 1.52. The lowest BCUT2D eigenvalue weighted by Crippen LogP contribution is -2.14. The van der Waals surface area contributed by atoms with Crippen LogP contribution in [0, 0.1) is 0 Å². The van der Waals surface area contributed by atoms with Gasteiger partial charge in [-0.2, -0.15) is 0 Å². The quantitative estimate of drug-likeness (QED) is 0.509. The molecule has 2 aromatic rings. The Kier molecular flexibility index (Phi) is 5.40. The highest BCUT2D eigenvalue weighted by atomic mass is 79.9. The van der Waals surface area contributed by atoms with E-state index in [0.29, 0.717) is 24.8 Å². The van der Waals surface area contributed by atoms with Crippen molar-refractivity contribution in [1.82, 2.24) is 0 Å². The first-order chi connectivity index (χ1) is 9.70. The monoisotopic (exact) mass is 560 g/mol. The van der Waals surface area contributed by atoms with Crippen molar-refractivity contribution in [2.75, 3.05) is 10.5 Å². The van der Waals surface area contributed by atoms with Crippen LogP contribution in [0.5, 0.6) is 0 Å². The van der Waals surface area contributed by atoms with Crippen LogP contribution >= 0.6 is 63.7 Å². The molecule has 0 fully saturated rings. The molecule has 0 saturated carbocycles. The summed E-state index contributed by atoms with van der Waals surface area (Å²) in [4.78, 5) is 0.0879. The molecule has 0 aromatic heterocycles. The normalized spacial score (nSPS) is 11.4. The predicted molar refractivity (Wildman–Crippen MR) is 98.9 cm³/mol. The average molecular weight is 564 g/mol. The third-order valence-corrected chi connectivity index (χ3v) is 6.30. The first-order valence-electron chi connectivity index (χ1n) is 5.43. The molecule has 9 heteroatoms. The van der Waals surface area contributed by atoms with E-state index in [-0.39, 0.29) is 4.90 Å². The Morgan fingerprint density at radius 2 is 1.48 bits per heavy atom. The molecule has 3 N–H and O–H groups in total. The van der Waals surface area contributed by atoms with E-state index in [1.54, 1.807) is 18.2 Å². The van der Waals surface area contributed by atoms with Crippen molar-refractivity contribution in [1.29, 1.82) is 0 Å². The smallest absolute Gasteiger partial charge is 0.262 e. The molecule has 0 aliphatic carbocycles. The summed E-state index contributed by atoms with van der Waals surface area (Å²) in [5, 5.41) is 0. The standard InChI is InChI=1S/C12H8Br4N2O2S/c13-6-3-9(15)12(10(16)4-6)18-21(19,20)7-1-2-8(14)11(17)5-7/h1-5,18H,17H2. The van der Waals surface area contributed by atoms with E-state index in [2.05, 4.69) is 68.4 Å². The van der Waals surface area contributed by atoms with E-state index >= 15 is 0 Å². The van der Waals surface area contributed by atoms with Crippen LogP contribution in [-0.4, -0.2) is 8.42 Å². The highest BCUT2D eigenvalue weighted by Crippen LogP contribution is 2.36. The molecule has 0 aliphatic heterocycles. The van der Waals surface area contributed by atoms with Gasteiger partial charge >= 0.3 is 0 Å². The largest absolute Gasteiger partial charge is 0.398 e. The van der Waals surface area contributed by atoms with E-state index in [1.807, 2.05) is 0 Å². The average Bonchev–Trinajstić information content (AvgIpc) is 2.37. The van der Waals surface area contributed by atoms with Gasteiger partial charge in [0.15, 0.2) is 0 Å². The number of benzene rings is 2. The molecule has 0 spiro atoms. The van der Waals surface area contributed by atoms with Gasteiger partial charge < -0.3 is 5.73 Å². The van der Waals surface area contributed by atoms with Gasteiger partial charge in [-0.1, -0.05) is 15.9 Å². The summed E-state index contributed by atoms with van der Waals surface area (Å²) in [6.45, 7) is 0. The van der Waals surface area contributed by atoms with E-state index < -0.39 is 10.0 Å². The molecule has 0 unspecified atom stereocenters. The molecular weight excluding hydrogens is 556 g/mol. The minimum Gasteiger partial charge on any atom is -0.398 e. The maximum absolute atomic E-state index is 12.4. The molecule has 0 heterocycles. The van der Waals surface area contributed by atoms with Crippen LogP contribution in [0.2, 0.25) is 0 Å². The second-order valence-corrected chi connectivity index (χ2v) is 9.19.